The van der Waals surface area contributed by atoms with Gasteiger partial charge in [-0.05, 0) is 66.4 Å². The molecule has 1 unspecified atom stereocenters. The molecule has 8 atom stereocenters. The second-order valence-electron chi connectivity index (χ2n) is 13.4. The van der Waals surface area contributed by atoms with Crippen LogP contribution < -0.4 is 15.9 Å². The summed E-state index contributed by atoms with van der Waals surface area (Å²) in [5.41, 5.74) is 4.03. The van der Waals surface area contributed by atoms with E-state index >= 15 is 4.39 Å². The molecule has 1 heterocycles. The summed E-state index contributed by atoms with van der Waals surface area (Å²) >= 11 is 0. The maximum absolute atomic E-state index is 15.0. The fourth-order valence-corrected chi connectivity index (χ4v) is 8.71. The molecular weight excluding hydrogens is 532 g/mol. The lowest BCUT2D eigenvalue weighted by atomic mass is 9.43. The van der Waals surface area contributed by atoms with Gasteiger partial charge in [0.25, 0.3) is 0 Å². The molecule has 11 heteroatoms. The number of rotatable bonds is 7. The lowest BCUT2D eigenvalue weighted by Crippen LogP contribution is -2.63. The number of ketones is 1. The van der Waals surface area contributed by atoms with Crippen LogP contribution in [0.2, 0.25) is 0 Å². The fraction of sp³-hybridized carbons (Fsp3) is 0.700. The zero-order valence-corrected chi connectivity index (χ0v) is 24.3. The van der Waals surface area contributed by atoms with E-state index in [1.165, 1.54) is 6.07 Å². The Morgan fingerprint density at radius 1 is 1.24 bits per heavy atom. The zero-order valence-electron chi connectivity index (χ0n) is 24.3. The topological polar surface area (TPSA) is 145 Å². The van der Waals surface area contributed by atoms with Crippen molar-refractivity contribution >= 4 is 30.2 Å². The highest BCUT2D eigenvalue weighted by molar-refractivity contribution is 6.61. The predicted molar refractivity (Wildman–Crippen MR) is 147 cm³/mol. The number of benzene rings is 1. The van der Waals surface area contributed by atoms with Gasteiger partial charge in [0.15, 0.2) is 18.2 Å². The number of halogens is 1. The molecule has 3 fully saturated rings. The maximum Gasteiger partial charge on any atom is 0.494 e. The second kappa shape index (κ2) is 10.6. The quantitative estimate of drug-likeness (QED) is 0.333. The van der Waals surface area contributed by atoms with Crippen molar-refractivity contribution in [2.24, 2.45) is 39.7 Å². The number of aliphatic hydroxyl groups is 1. The number of hydrogen-bond acceptors (Lipinski definition) is 8. The van der Waals surface area contributed by atoms with Gasteiger partial charge in [-0.15, -0.1) is 0 Å². The first-order valence-electron chi connectivity index (χ1n) is 14.7. The number of aliphatic hydroxyl groups excluding tert-OH is 1. The summed E-state index contributed by atoms with van der Waals surface area (Å²) in [5.74, 6) is -2.63. The Morgan fingerprint density at radius 3 is 2.68 bits per heavy atom. The van der Waals surface area contributed by atoms with Crippen LogP contribution in [-0.2, 0) is 30.4 Å². The molecule has 4 N–H and O–H groups in total. The Kier molecular flexibility index (Phi) is 7.79. The van der Waals surface area contributed by atoms with Crippen molar-refractivity contribution in [3.05, 3.63) is 23.5 Å². The lowest BCUT2D eigenvalue weighted by molar-refractivity contribution is -0.213. The number of fused-ring (bicyclic) bond motifs is 1. The standard InChI is InChI=1S/C30H41BFNO8/c1-16-7-11-30-12-8-19(34)26(30)29(16,4)21(13-28(3,10-9-22(33)35)27(37)17(30)2)41-23(36)15-39-20-6-5-18-14-40-31(38)24(18)25(20)32/h5-6,16-17,21,26-27,37-38H,7-15H2,1-4H3,(H2,33,35)/t16-,17+,21-,26?,27+,28-,29+,30+/m1/s1. The molecule has 1 aromatic rings. The summed E-state index contributed by atoms with van der Waals surface area (Å²) in [6.45, 7) is 7.52. The minimum absolute atomic E-state index is 0.0103. The van der Waals surface area contributed by atoms with E-state index in [4.69, 9.17) is 19.9 Å². The predicted octanol–water partition coefficient (Wildman–Crippen LogP) is 2.41. The molecule has 0 radical (unpaired) electrons. The smallest absolute Gasteiger partial charge is 0.479 e. The minimum atomic E-state index is -1.40. The molecule has 224 valence electrons. The van der Waals surface area contributed by atoms with Gasteiger partial charge in [-0.1, -0.05) is 33.8 Å². The van der Waals surface area contributed by atoms with Crippen LogP contribution in [0.15, 0.2) is 12.1 Å². The van der Waals surface area contributed by atoms with Gasteiger partial charge in [0, 0.05) is 29.6 Å². The summed E-state index contributed by atoms with van der Waals surface area (Å²) in [6, 6.07) is 2.96. The third-order valence-electron chi connectivity index (χ3n) is 11.3. The largest absolute Gasteiger partial charge is 0.494 e. The van der Waals surface area contributed by atoms with E-state index in [0.717, 1.165) is 12.8 Å². The third-order valence-corrected chi connectivity index (χ3v) is 11.3. The van der Waals surface area contributed by atoms with Crippen molar-refractivity contribution in [3.63, 3.8) is 0 Å². The minimum Gasteiger partial charge on any atom is -0.479 e. The van der Waals surface area contributed by atoms with Crippen molar-refractivity contribution < 1.29 is 43.0 Å². The molecular formula is C30H41BFNO8. The summed E-state index contributed by atoms with van der Waals surface area (Å²) in [7, 11) is -1.40. The first kappa shape index (κ1) is 30.0. The molecule has 41 heavy (non-hydrogen) atoms. The second-order valence-corrected chi connectivity index (χ2v) is 13.4. The molecule has 1 amide bonds. The molecule has 4 aliphatic rings. The average molecular weight is 573 g/mol. The van der Waals surface area contributed by atoms with Gasteiger partial charge in [0.1, 0.15) is 11.9 Å². The van der Waals surface area contributed by atoms with Gasteiger partial charge in [0.2, 0.25) is 5.91 Å². The highest BCUT2D eigenvalue weighted by Crippen LogP contribution is 2.68. The highest BCUT2D eigenvalue weighted by Gasteiger charge is 2.68. The number of carbonyl (C=O) groups excluding carboxylic acids is 3. The van der Waals surface area contributed by atoms with Crippen molar-refractivity contribution in [2.75, 3.05) is 6.61 Å². The van der Waals surface area contributed by atoms with Crippen LogP contribution in [0.4, 0.5) is 4.39 Å². The maximum atomic E-state index is 15.0. The van der Waals surface area contributed by atoms with Crippen molar-refractivity contribution in [3.8, 4) is 5.75 Å². The Morgan fingerprint density at radius 2 is 1.98 bits per heavy atom. The highest BCUT2D eigenvalue weighted by atomic mass is 19.1. The van der Waals surface area contributed by atoms with Gasteiger partial charge in [-0.2, -0.15) is 0 Å². The van der Waals surface area contributed by atoms with E-state index < -0.39 is 65.8 Å². The number of hydrogen-bond donors (Lipinski definition) is 3. The SMILES string of the molecule is C[C@@H]1CC[C@@]23CCC(=O)C2[C@]1(C)[C@H](OC(=O)COc1ccc2c(c1F)B(O)OC2)C[C@@](C)(CCC(N)=O)[C@@H](O)[C@@H]3C. The number of ether oxygens (including phenoxy) is 2. The molecule has 1 aromatic carbocycles. The van der Waals surface area contributed by atoms with E-state index in [1.807, 2.05) is 20.8 Å². The van der Waals surface area contributed by atoms with Crippen LogP contribution in [0.1, 0.15) is 78.2 Å². The molecule has 0 aromatic heterocycles. The number of esters is 1. The molecule has 1 aliphatic heterocycles. The summed E-state index contributed by atoms with van der Waals surface area (Å²) in [4.78, 5) is 38.7. The van der Waals surface area contributed by atoms with E-state index in [9.17, 15) is 24.5 Å². The lowest BCUT2D eigenvalue weighted by Gasteiger charge is -2.62. The summed E-state index contributed by atoms with van der Waals surface area (Å²) < 4.78 is 31.8. The molecule has 3 aliphatic carbocycles. The molecule has 0 spiro atoms. The molecule has 0 saturated heterocycles. The molecule has 9 nitrogen and oxygen atoms in total. The monoisotopic (exact) mass is 573 g/mol. The van der Waals surface area contributed by atoms with Crippen LogP contribution in [0.3, 0.4) is 0 Å². The van der Waals surface area contributed by atoms with Crippen LogP contribution in [0.25, 0.3) is 0 Å². The van der Waals surface area contributed by atoms with E-state index in [-0.39, 0.29) is 48.3 Å². The fourth-order valence-electron chi connectivity index (χ4n) is 8.71. The van der Waals surface area contributed by atoms with Gasteiger partial charge < -0.3 is 30.0 Å². The Labute approximate surface area is 240 Å². The van der Waals surface area contributed by atoms with Crippen LogP contribution in [0.5, 0.6) is 5.75 Å². The zero-order chi connectivity index (χ0) is 29.9. The first-order valence-corrected chi connectivity index (χ1v) is 14.7. The molecule has 3 saturated carbocycles. The Balaban J connectivity index is 1.46. The van der Waals surface area contributed by atoms with Crippen LogP contribution in [0, 0.1) is 39.8 Å². The van der Waals surface area contributed by atoms with E-state index in [0.29, 0.717) is 24.8 Å². The van der Waals surface area contributed by atoms with E-state index in [1.54, 1.807) is 6.07 Å². The Hall–Kier alpha value is -2.50. The Bertz CT molecular complexity index is 1250. The first-order chi connectivity index (χ1) is 19.2. The summed E-state index contributed by atoms with van der Waals surface area (Å²) in [5, 5.41) is 21.8. The number of nitrogens with two attached hydrogens (primary N) is 1. The average Bonchev–Trinajstić information content (AvgIpc) is 3.48. The van der Waals surface area contributed by atoms with Crippen molar-refractivity contribution in [1.29, 1.82) is 0 Å². The number of carbonyl (C=O) groups is 3. The van der Waals surface area contributed by atoms with E-state index in [2.05, 4.69) is 6.92 Å². The number of Topliss-reactive ketones (excluding diaryl/α,β-unsaturated/α-hetero) is 1. The van der Waals surface area contributed by atoms with Gasteiger partial charge in [-0.25, -0.2) is 9.18 Å². The van der Waals surface area contributed by atoms with Gasteiger partial charge >= 0.3 is 13.1 Å². The normalized spacial score (nSPS) is 38.1. The van der Waals surface area contributed by atoms with Crippen LogP contribution in [-0.4, -0.2) is 53.7 Å². The van der Waals surface area contributed by atoms with Crippen LogP contribution >= 0.6 is 0 Å². The summed E-state index contributed by atoms with van der Waals surface area (Å²) in [6.07, 6.45) is 1.70. The van der Waals surface area contributed by atoms with Crippen molar-refractivity contribution in [2.45, 2.75) is 91.5 Å². The number of amides is 1. The third kappa shape index (κ3) is 4.78. The molecule has 5 rings (SSSR count). The van der Waals surface area contributed by atoms with Crippen molar-refractivity contribution in [1.82, 2.24) is 0 Å². The van der Waals surface area contributed by atoms with Gasteiger partial charge in [0.05, 0.1) is 12.7 Å². The number of primary amides is 1. The molecule has 2 bridgehead atoms. The van der Waals surface area contributed by atoms with Gasteiger partial charge in [-0.3, -0.25) is 9.59 Å².